The topological polar surface area (TPSA) is 21.3 Å². The molecule has 2 rings (SSSR count). The third kappa shape index (κ3) is 6.01. The van der Waals surface area contributed by atoms with Crippen LogP contribution in [0.4, 0.5) is 0 Å². The Labute approximate surface area is 147 Å². The summed E-state index contributed by atoms with van der Waals surface area (Å²) in [5.74, 6) is 1.01. The van der Waals surface area contributed by atoms with Crippen molar-refractivity contribution in [3.05, 3.63) is 65.2 Å². The summed E-state index contributed by atoms with van der Waals surface area (Å²) in [6.07, 6.45) is 4.93. The van der Waals surface area contributed by atoms with E-state index in [0.717, 1.165) is 25.3 Å². The molecule has 2 heteroatoms. The first-order valence-electron chi connectivity index (χ1n) is 9.21. The van der Waals surface area contributed by atoms with Gasteiger partial charge in [-0.3, -0.25) is 0 Å². The fourth-order valence-electron chi connectivity index (χ4n) is 2.88. The van der Waals surface area contributed by atoms with Gasteiger partial charge in [0.1, 0.15) is 5.75 Å². The van der Waals surface area contributed by atoms with Crippen molar-refractivity contribution in [2.45, 2.75) is 59.0 Å². The number of para-hydroxylation sites is 1. The van der Waals surface area contributed by atoms with Crippen molar-refractivity contribution in [2.24, 2.45) is 0 Å². The first kappa shape index (κ1) is 18.5. The van der Waals surface area contributed by atoms with Gasteiger partial charge in [0.05, 0.1) is 6.61 Å². The van der Waals surface area contributed by atoms with Gasteiger partial charge in [0.2, 0.25) is 0 Å². The Kier molecular flexibility index (Phi) is 7.84. The second-order valence-electron chi connectivity index (χ2n) is 6.54. The number of aryl methyl sites for hydroxylation is 1. The Balaban J connectivity index is 1.90. The normalized spacial score (nSPS) is 12.1. The number of hydrogen-bond acceptors (Lipinski definition) is 2. The molecule has 130 valence electrons. The molecule has 0 heterocycles. The Hall–Kier alpha value is -1.80. The highest BCUT2D eigenvalue weighted by molar-refractivity contribution is 5.35. The van der Waals surface area contributed by atoms with Gasteiger partial charge in [0.15, 0.2) is 0 Å². The molecule has 2 nitrogen and oxygen atoms in total. The van der Waals surface area contributed by atoms with Crippen LogP contribution in [0.15, 0.2) is 48.5 Å². The van der Waals surface area contributed by atoms with E-state index in [4.69, 9.17) is 4.74 Å². The molecule has 1 N–H and O–H groups in total. The SMILES string of the molecule is CCCCCCOc1ccccc1C(C)NCc1cccc(C)c1. The van der Waals surface area contributed by atoms with Crippen LogP contribution >= 0.6 is 0 Å². The standard InChI is InChI=1S/C22H31NO/c1-4-5-6-9-15-24-22-14-8-7-13-21(22)19(3)23-17-20-12-10-11-18(2)16-20/h7-8,10-14,16,19,23H,4-6,9,15,17H2,1-3H3. The number of nitrogens with one attached hydrogen (secondary N) is 1. The molecule has 0 saturated carbocycles. The van der Waals surface area contributed by atoms with Crippen LogP contribution in [0, 0.1) is 6.92 Å². The maximum atomic E-state index is 6.04. The molecule has 0 fully saturated rings. The van der Waals surface area contributed by atoms with E-state index in [0.29, 0.717) is 0 Å². The second kappa shape index (κ2) is 10.1. The van der Waals surface area contributed by atoms with Crippen LogP contribution in [0.3, 0.4) is 0 Å². The van der Waals surface area contributed by atoms with Gasteiger partial charge < -0.3 is 10.1 Å². The highest BCUT2D eigenvalue weighted by atomic mass is 16.5. The summed E-state index contributed by atoms with van der Waals surface area (Å²) in [6, 6.07) is 17.3. The van der Waals surface area contributed by atoms with E-state index in [-0.39, 0.29) is 6.04 Å². The van der Waals surface area contributed by atoms with Gasteiger partial charge in [-0.1, -0.05) is 74.2 Å². The number of rotatable bonds is 10. The fourth-order valence-corrected chi connectivity index (χ4v) is 2.88. The Morgan fingerprint density at radius 3 is 2.62 bits per heavy atom. The maximum absolute atomic E-state index is 6.04. The van der Waals surface area contributed by atoms with Crippen molar-refractivity contribution in [3.63, 3.8) is 0 Å². The summed E-state index contributed by atoms with van der Waals surface area (Å²) in [5.41, 5.74) is 3.86. The van der Waals surface area contributed by atoms with E-state index >= 15 is 0 Å². The molecule has 24 heavy (non-hydrogen) atoms. The predicted octanol–water partition coefficient (Wildman–Crippen LogP) is 5.80. The lowest BCUT2D eigenvalue weighted by Gasteiger charge is -2.18. The van der Waals surface area contributed by atoms with Crippen LogP contribution in [0.2, 0.25) is 0 Å². The first-order chi connectivity index (χ1) is 11.7. The van der Waals surface area contributed by atoms with Gasteiger partial charge in [0, 0.05) is 18.2 Å². The molecule has 0 bridgehead atoms. The summed E-state index contributed by atoms with van der Waals surface area (Å²) in [5, 5.41) is 3.61. The van der Waals surface area contributed by atoms with E-state index in [1.54, 1.807) is 0 Å². The molecule has 0 aliphatic carbocycles. The summed E-state index contributed by atoms with van der Waals surface area (Å²) in [7, 11) is 0. The summed E-state index contributed by atoms with van der Waals surface area (Å²) >= 11 is 0. The van der Waals surface area contributed by atoms with Gasteiger partial charge in [-0.05, 0) is 31.9 Å². The van der Waals surface area contributed by atoms with Gasteiger partial charge >= 0.3 is 0 Å². The minimum Gasteiger partial charge on any atom is -0.493 e. The maximum Gasteiger partial charge on any atom is 0.124 e. The highest BCUT2D eigenvalue weighted by Crippen LogP contribution is 2.25. The van der Waals surface area contributed by atoms with Crippen LogP contribution in [-0.2, 0) is 6.54 Å². The third-order valence-corrected chi connectivity index (χ3v) is 4.34. The molecule has 0 aliphatic rings. The molecule has 0 amide bonds. The molecule has 0 saturated heterocycles. The fraction of sp³-hybridized carbons (Fsp3) is 0.455. The number of ether oxygens (including phenoxy) is 1. The van der Waals surface area contributed by atoms with Crippen molar-refractivity contribution < 1.29 is 4.74 Å². The molecule has 0 spiro atoms. The van der Waals surface area contributed by atoms with Crippen LogP contribution in [-0.4, -0.2) is 6.61 Å². The molecular formula is C22H31NO. The second-order valence-corrected chi connectivity index (χ2v) is 6.54. The van der Waals surface area contributed by atoms with Crippen LogP contribution in [0.1, 0.15) is 62.3 Å². The number of benzene rings is 2. The molecule has 2 aromatic carbocycles. The van der Waals surface area contributed by atoms with E-state index in [1.807, 2.05) is 0 Å². The third-order valence-electron chi connectivity index (χ3n) is 4.34. The Morgan fingerprint density at radius 2 is 1.83 bits per heavy atom. The van der Waals surface area contributed by atoms with Crippen molar-refractivity contribution in [1.29, 1.82) is 0 Å². The summed E-state index contributed by atoms with van der Waals surface area (Å²) < 4.78 is 6.04. The number of hydrogen-bond donors (Lipinski definition) is 1. The molecule has 0 radical (unpaired) electrons. The van der Waals surface area contributed by atoms with Gasteiger partial charge in [-0.15, -0.1) is 0 Å². The van der Waals surface area contributed by atoms with Crippen molar-refractivity contribution in [2.75, 3.05) is 6.61 Å². The van der Waals surface area contributed by atoms with E-state index in [1.165, 1.54) is 36.0 Å². The number of unbranched alkanes of at least 4 members (excludes halogenated alkanes) is 3. The average Bonchev–Trinajstić information content (AvgIpc) is 2.60. The monoisotopic (exact) mass is 325 g/mol. The van der Waals surface area contributed by atoms with Crippen LogP contribution < -0.4 is 10.1 Å². The largest absolute Gasteiger partial charge is 0.493 e. The lowest BCUT2D eigenvalue weighted by atomic mass is 10.1. The smallest absolute Gasteiger partial charge is 0.124 e. The zero-order valence-corrected chi connectivity index (χ0v) is 15.3. The average molecular weight is 325 g/mol. The van der Waals surface area contributed by atoms with Crippen LogP contribution in [0.5, 0.6) is 5.75 Å². The lowest BCUT2D eigenvalue weighted by molar-refractivity contribution is 0.299. The molecule has 0 aliphatic heterocycles. The molecule has 1 atom stereocenters. The lowest BCUT2D eigenvalue weighted by Crippen LogP contribution is -2.19. The van der Waals surface area contributed by atoms with E-state index in [9.17, 15) is 0 Å². The Bertz CT molecular complexity index is 608. The highest BCUT2D eigenvalue weighted by Gasteiger charge is 2.11. The minimum atomic E-state index is 0.261. The Morgan fingerprint density at radius 1 is 1.00 bits per heavy atom. The summed E-state index contributed by atoms with van der Waals surface area (Å²) in [4.78, 5) is 0. The van der Waals surface area contributed by atoms with Crippen molar-refractivity contribution >= 4 is 0 Å². The molecule has 0 aromatic heterocycles. The zero-order valence-electron chi connectivity index (χ0n) is 15.3. The quantitative estimate of drug-likeness (QED) is 0.557. The predicted molar refractivity (Wildman–Crippen MR) is 103 cm³/mol. The van der Waals surface area contributed by atoms with Gasteiger partial charge in [-0.2, -0.15) is 0 Å². The van der Waals surface area contributed by atoms with Crippen molar-refractivity contribution in [3.8, 4) is 5.75 Å². The first-order valence-corrected chi connectivity index (χ1v) is 9.21. The molecule has 2 aromatic rings. The minimum absolute atomic E-state index is 0.261. The van der Waals surface area contributed by atoms with Gasteiger partial charge in [0.25, 0.3) is 0 Å². The van der Waals surface area contributed by atoms with Gasteiger partial charge in [-0.25, -0.2) is 0 Å². The van der Waals surface area contributed by atoms with Crippen molar-refractivity contribution in [1.82, 2.24) is 5.32 Å². The van der Waals surface area contributed by atoms with E-state index < -0.39 is 0 Å². The van der Waals surface area contributed by atoms with E-state index in [2.05, 4.69) is 74.6 Å². The molecule has 1 unspecified atom stereocenters. The summed E-state index contributed by atoms with van der Waals surface area (Å²) in [6.45, 7) is 8.25. The zero-order chi connectivity index (χ0) is 17.2. The van der Waals surface area contributed by atoms with Crippen LogP contribution in [0.25, 0.3) is 0 Å². The molecular weight excluding hydrogens is 294 g/mol.